The number of nitrogen functional groups attached to an aromatic ring is 1. The van der Waals surface area contributed by atoms with Gasteiger partial charge in [-0.1, -0.05) is 6.07 Å². The zero-order valence-electron chi connectivity index (χ0n) is 9.79. The number of nitrogens with two attached hydrogens (primary N) is 1. The summed E-state index contributed by atoms with van der Waals surface area (Å²) < 4.78 is 13.6. The number of pyridine rings is 1. The molecule has 0 aliphatic rings. The van der Waals surface area contributed by atoms with Crippen LogP contribution in [0.15, 0.2) is 30.5 Å². The average Bonchev–Trinajstić information content (AvgIpc) is 2.27. The third kappa shape index (κ3) is 2.53. The first kappa shape index (κ1) is 11.4. The zero-order chi connectivity index (χ0) is 12.4. The number of aromatic nitrogens is 1. The number of halogens is 1. The van der Waals surface area contributed by atoms with Gasteiger partial charge in [-0.05, 0) is 37.1 Å². The Morgan fingerprint density at radius 3 is 2.65 bits per heavy atom. The molecule has 0 bridgehead atoms. The summed E-state index contributed by atoms with van der Waals surface area (Å²) in [5.74, 6) is 0.238. The van der Waals surface area contributed by atoms with Crippen molar-refractivity contribution < 1.29 is 4.39 Å². The number of anilines is 3. The molecule has 0 aliphatic heterocycles. The van der Waals surface area contributed by atoms with E-state index in [1.165, 1.54) is 6.07 Å². The lowest BCUT2D eigenvalue weighted by Gasteiger charge is -2.08. The largest absolute Gasteiger partial charge is 0.398 e. The van der Waals surface area contributed by atoms with Gasteiger partial charge in [0.05, 0.1) is 5.69 Å². The van der Waals surface area contributed by atoms with Gasteiger partial charge in [-0.25, -0.2) is 9.37 Å². The van der Waals surface area contributed by atoms with Crippen LogP contribution in [0.4, 0.5) is 21.6 Å². The van der Waals surface area contributed by atoms with Crippen molar-refractivity contribution in [2.45, 2.75) is 13.8 Å². The Balaban J connectivity index is 2.28. The van der Waals surface area contributed by atoms with Crippen LogP contribution in [0.2, 0.25) is 0 Å². The molecule has 88 valence electrons. The van der Waals surface area contributed by atoms with Gasteiger partial charge in [-0.15, -0.1) is 0 Å². The first-order chi connectivity index (χ1) is 8.06. The fourth-order valence-electron chi connectivity index (χ4n) is 1.47. The van der Waals surface area contributed by atoms with Crippen molar-refractivity contribution in [3.8, 4) is 0 Å². The SMILES string of the molecule is Cc1ccc(Nc2cc(N)c(C)cn2)c(F)c1. The molecule has 0 saturated carbocycles. The van der Waals surface area contributed by atoms with Crippen LogP contribution in [-0.4, -0.2) is 4.98 Å². The van der Waals surface area contributed by atoms with Crippen LogP contribution in [0, 0.1) is 19.7 Å². The van der Waals surface area contributed by atoms with Crippen molar-refractivity contribution in [1.29, 1.82) is 0 Å². The van der Waals surface area contributed by atoms with Crippen molar-refractivity contribution >= 4 is 17.2 Å². The minimum absolute atomic E-state index is 0.300. The van der Waals surface area contributed by atoms with E-state index in [9.17, 15) is 4.39 Å². The molecule has 2 aromatic rings. The maximum absolute atomic E-state index is 13.6. The highest BCUT2D eigenvalue weighted by Crippen LogP contribution is 2.21. The predicted molar refractivity (Wildman–Crippen MR) is 67.8 cm³/mol. The number of nitrogens with one attached hydrogen (secondary N) is 1. The molecule has 3 N–H and O–H groups in total. The van der Waals surface area contributed by atoms with E-state index in [1.54, 1.807) is 18.3 Å². The first-order valence-corrected chi connectivity index (χ1v) is 5.31. The molecular weight excluding hydrogens is 217 g/mol. The Hall–Kier alpha value is -2.10. The van der Waals surface area contributed by atoms with Crippen molar-refractivity contribution in [1.82, 2.24) is 4.98 Å². The van der Waals surface area contributed by atoms with Crippen LogP contribution in [0.1, 0.15) is 11.1 Å². The topological polar surface area (TPSA) is 50.9 Å². The summed E-state index contributed by atoms with van der Waals surface area (Å²) >= 11 is 0. The lowest BCUT2D eigenvalue weighted by molar-refractivity contribution is 0.630. The Bertz CT molecular complexity index is 552. The smallest absolute Gasteiger partial charge is 0.146 e. The second kappa shape index (κ2) is 4.41. The van der Waals surface area contributed by atoms with Crippen molar-refractivity contribution in [3.05, 3.63) is 47.4 Å². The van der Waals surface area contributed by atoms with Gasteiger partial charge in [-0.2, -0.15) is 0 Å². The minimum Gasteiger partial charge on any atom is -0.398 e. The van der Waals surface area contributed by atoms with Gasteiger partial charge >= 0.3 is 0 Å². The van der Waals surface area contributed by atoms with E-state index in [0.29, 0.717) is 17.2 Å². The van der Waals surface area contributed by atoms with E-state index in [4.69, 9.17) is 5.73 Å². The summed E-state index contributed by atoms with van der Waals surface area (Å²) in [6, 6.07) is 6.68. The maximum atomic E-state index is 13.6. The third-order valence-corrected chi connectivity index (χ3v) is 2.53. The van der Waals surface area contributed by atoms with Gasteiger partial charge in [0.15, 0.2) is 0 Å². The number of hydrogen-bond acceptors (Lipinski definition) is 3. The van der Waals surface area contributed by atoms with Gasteiger partial charge < -0.3 is 11.1 Å². The molecule has 1 heterocycles. The minimum atomic E-state index is -0.300. The molecule has 2 rings (SSSR count). The van der Waals surface area contributed by atoms with E-state index in [0.717, 1.165) is 11.1 Å². The predicted octanol–water partition coefficient (Wildman–Crippen LogP) is 3.16. The third-order valence-electron chi connectivity index (χ3n) is 2.53. The Morgan fingerprint density at radius 2 is 2.00 bits per heavy atom. The van der Waals surface area contributed by atoms with Crippen LogP contribution in [0.5, 0.6) is 0 Å². The average molecular weight is 231 g/mol. The molecule has 1 aromatic carbocycles. The standard InChI is InChI=1S/C13H14FN3/c1-8-3-4-12(10(14)5-8)17-13-6-11(15)9(2)7-16-13/h3-7H,1-2H3,(H3,15,16,17). The number of rotatable bonds is 2. The highest BCUT2D eigenvalue weighted by Gasteiger charge is 2.04. The normalized spacial score (nSPS) is 10.3. The van der Waals surface area contributed by atoms with Gasteiger partial charge in [0.1, 0.15) is 11.6 Å². The second-order valence-electron chi connectivity index (χ2n) is 4.03. The fraction of sp³-hybridized carbons (Fsp3) is 0.154. The molecule has 0 amide bonds. The molecule has 0 spiro atoms. The summed E-state index contributed by atoms with van der Waals surface area (Å²) in [6.45, 7) is 3.72. The van der Waals surface area contributed by atoms with Gasteiger partial charge in [-0.3, -0.25) is 0 Å². The highest BCUT2D eigenvalue weighted by atomic mass is 19.1. The van der Waals surface area contributed by atoms with Gasteiger partial charge in [0.2, 0.25) is 0 Å². The van der Waals surface area contributed by atoms with E-state index in [1.807, 2.05) is 19.9 Å². The maximum Gasteiger partial charge on any atom is 0.146 e. The molecule has 0 aliphatic carbocycles. The summed E-state index contributed by atoms with van der Waals surface area (Å²) in [5.41, 5.74) is 8.57. The zero-order valence-corrected chi connectivity index (χ0v) is 9.79. The van der Waals surface area contributed by atoms with E-state index < -0.39 is 0 Å². The first-order valence-electron chi connectivity index (χ1n) is 5.31. The van der Waals surface area contributed by atoms with Gasteiger partial charge in [0, 0.05) is 18.0 Å². The molecule has 0 radical (unpaired) electrons. The van der Waals surface area contributed by atoms with E-state index in [2.05, 4.69) is 10.3 Å². The molecular formula is C13H14FN3. The fourth-order valence-corrected chi connectivity index (χ4v) is 1.47. The number of benzene rings is 1. The lowest BCUT2D eigenvalue weighted by atomic mass is 10.2. The quantitative estimate of drug-likeness (QED) is 0.834. The molecule has 0 unspecified atom stereocenters. The molecule has 1 aromatic heterocycles. The Labute approximate surface area is 99.5 Å². The number of hydrogen-bond donors (Lipinski definition) is 2. The Morgan fingerprint density at radius 1 is 1.24 bits per heavy atom. The Kier molecular flexibility index (Phi) is 2.95. The molecule has 0 saturated heterocycles. The van der Waals surface area contributed by atoms with Crippen molar-refractivity contribution in [2.24, 2.45) is 0 Å². The van der Waals surface area contributed by atoms with Crippen LogP contribution in [0.25, 0.3) is 0 Å². The van der Waals surface area contributed by atoms with Crippen molar-refractivity contribution in [3.63, 3.8) is 0 Å². The molecule has 4 heteroatoms. The summed E-state index contributed by atoms with van der Waals surface area (Å²) in [7, 11) is 0. The monoisotopic (exact) mass is 231 g/mol. The van der Waals surface area contributed by atoms with Crippen LogP contribution in [-0.2, 0) is 0 Å². The second-order valence-corrected chi connectivity index (χ2v) is 4.03. The van der Waals surface area contributed by atoms with Crippen molar-refractivity contribution in [2.75, 3.05) is 11.1 Å². The van der Waals surface area contributed by atoms with E-state index in [-0.39, 0.29) is 5.82 Å². The van der Waals surface area contributed by atoms with Crippen LogP contribution < -0.4 is 11.1 Å². The molecule has 17 heavy (non-hydrogen) atoms. The highest BCUT2D eigenvalue weighted by molar-refractivity contribution is 5.62. The lowest BCUT2D eigenvalue weighted by Crippen LogP contribution is -1.99. The summed E-state index contributed by atoms with van der Waals surface area (Å²) in [6.07, 6.45) is 1.66. The number of aryl methyl sites for hydroxylation is 2. The molecule has 0 fully saturated rings. The molecule has 3 nitrogen and oxygen atoms in total. The molecule has 0 atom stereocenters. The summed E-state index contributed by atoms with van der Waals surface area (Å²) in [4.78, 5) is 4.14. The summed E-state index contributed by atoms with van der Waals surface area (Å²) in [5, 5.41) is 2.90. The van der Waals surface area contributed by atoms with Gasteiger partial charge in [0.25, 0.3) is 0 Å². The van der Waals surface area contributed by atoms with E-state index >= 15 is 0 Å². The van der Waals surface area contributed by atoms with Crippen LogP contribution in [0.3, 0.4) is 0 Å². The van der Waals surface area contributed by atoms with Crippen LogP contribution >= 0.6 is 0 Å². The number of nitrogens with zero attached hydrogens (tertiary/aromatic N) is 1.